The van der Waals surface area contributed by atoms with E-state index in [1.54, 1.807) is 4.90 Å². The molecule has 0 spiro atoms. The molecule has 5 nitrogen and oxygen atoms in total. The predicted molar refractivity (Wildman–Crippen MR) is 53.6 cm³/mol. The van der Waals surface area contributed by atoms with Gasteiger partial charge in [-0.3, -0.25) is 4.79 Å². The minimum atomic E-state index is -0.415. The Balaban J connectivity index is 2.11. The molecule has 1 aliphatic heterocycles. The van der Waals surface area contributed by atoms with Crippen LogP contribution in [0.4, 0.5) is 0 Å². The van der Waals surface area contributed by atoms with Crippen molar-refractivity contribution in [3.05, 3.63) is 23.2 Å². The largest absolute Gasteiger partial charge is 0.391 e. The Labute approximate surface area is 91.7 Å². The zero-order valence-corrected chi connectivity index (χ0v) is 8.68. The second-order valence-electron chi connectivity index (χ2n) is 3.43. The molecule has 0 saturated carbocycles. The summed E-state index contributed by atoms with van der Waals surface area (Å²) in [6.07, 6.45) is 2.99. The van der Waals surface area contributed by atoms with E-state index in [2.05, 4.69) is 9.97 Å². The molecule has 1 amide bonds. The van der Waals surface area contributed by atoms with Crippen LogP contribution in [0.3, 0.4) is 0 Å². The van der Waals surface area contributed by atoms with Gasteiger partial charge in [0.1, 0.15) is 0 Å². The van der Waals surface area contributed by atoms with Gasteiger partial charge in [0.25, 0.3) is 5.91 Å². The molecule has 1 N–H and O–H groups in total. The summed E-state index contributed by atoms with van der Waals surface area (Å²) in [7, 11) is 0. The molecule has 0 aliphatic carbocycles. The maximum atomic E-state index is 11.8. The predicted octanol–water partition coefficient (Wildman–Crippen LogP) is 0.337. The van der Waals surface area contributed by atoms with Gasteiger partial charge in [-0.2, -0.15) is 0 Å². The highest BCUT2D eigenvalue weighted by atomic mass is 35.5. The Morgan fingerprint density at radius 2 is 2.20 bits per heavy atom. The Morgan fingerprint density at radius 3 is 2.73 bits per heavy atom. The average molecular weight is 228 g/mol. The molecule has 2 rings (SSSR count). The van der Waals surface area contributed by atoms with Gasteiger partial charge in [0.05, 0.1) is 11.7 Å². The summed E-state index contributed by atoms with van der Waals surface area (Å²) in [5, 5.41) is 9.41. The number of halogens is 1. The number of likely N-dealkylation sites (tertiary alicyclic amines) is 1. The molecule has 0 bridgehead atoms. The summed E-state index contributed by atoms with van der Waals surface area (Å²) < 4.78 is 0. The van der Waals surface area contributed by atoms with E-state index in [9.17, 15) is 9.90 Å². The highest BCUT2D eigenvalue weighted by Crippen LogP contribution is 2.12. The van der Waals surface area contributed by atoms with E-state index in [-0.39, 0.29) is 11.2 Å². The lowest BCUT2D eigenvalue weighted by Gasteiger charge is -2.14. The average Bonchev–Trinajstić information content (AvgIpc) is 2.65. The summed E-state index contributed by atoms with van der Waals surface area (Å²) in [4.78, 5) is 20.8. The molecule has 1 aromatic rings. The van der Waals surface area contributed by atoms with Crippen molar-refractivity contribution in [3.63, 3.8) is 0 Å². The number of rotatable bonds is 1. The third-order valence-corrected chi connectivity index (χ3v) is 2.51. The van der Waals surface area contributed by atoms with E-state index in [0.717, 1.165) is 0 Å². The molecule has 0 aromatic carbocycles. The van der Waals surface area contributed by atoms with Crippen molar-refractivity contribution in [3.8, 4) is 0 Å². The Bertz CT molecular complexity index is 368. The number of carbonyl (C=O) groups is 1. The first-order valence-electron chi connectivity index (χ1n) is 4.61. The maximum Gasteiger partial charge on any atom is 0.257 e. The SMILES string of the molecule is O=C(c1cnc(Cl)nc1)N1CCC(O)C1. The molecule has 15 heavy (non-hydrogen) atoms. The van der Waals surface area contributed by atoms with Crippen LogP contribution in [0.15, 0.2) is 12.4 Å². The Hall–Kier alpha value is -1.20. The highest BCUT2D eigenvalue weighted by molar-refractivity contribution is 6.28. The summed E-state index contributed by atoms with van der Waals surface area (Å²) in [6, 6.07) is 0. The van der Waals surface area contributed by atoms with Gasteiger partial charge in [-0.25, -0.2) is 9.97 Å². The van der Waals surface area contributed by atoms with Gasteiger partial charge in [-0.05, 0) is 18.0 Å². The van der Waals surface area contributed by atoms with E-state index in [1.807, 2.05) is 0 Å². The first-order chi connectivity index (χ1) is 7.16. The van der Waals surface area contributed by atoms with Gasteiger partial charge in [0.15, 0.2) is 0 Å². The zero-order chi connectivity index (χ0) is 10.8. The van der Waals surface area contributed by atoms with Crippen LogP contribution in [0, 0.1) is 0 Å². The maximum absolute atomic E-state index is 11.8. The number of β-amino-alcohol motifs (C(OH)–C–C–N with tert-alkyl or cyclic N) is 1. The van der Waals surface area contributed by atoms with Crippen LogP contribution in [-0.2, 0) is 0 Å². The fourth-order valence-electron chi connectivity index (χ4n) is 1.53. The molecule has 1 saturated heterocycles. The molecule has 80 valence electrons. The van der Waals surface area contributed by atoms with Crippen LogP contribution in [0.25, 0.3) is 0 Å². The van der Waals surface area contributed by atoms with Crippen LogP contribution in [-0.4, -0.2) is 45.1 Å². The van der Waals surface area contributed by atoms with Crippen LogP contribution in [0.1, 0.15) is 16.8 Å². The summed E-state index contributed by atoms with van der Waals surface area (Å²) in [5.74, 6) is -0.164. The van der Waals surface area contributed by atoms with Gasteiger partial charge < -0.3 is 10.0 Å². The monoisotopic (exact) mass is 227 g/mol. The van der Waals surface area contributed by atoms with Crippen molar-refractivity contribution in [2.24, 2.45) is 0 Å². The zero-order valence-electron chi connectivity index (χ0n) is 7.93. The molecular weight excluding hydrogens is 218 g/mol. The smallest absolute Gasteiger partial charge is 0.257 e. The fourth-order valence-corrected chi connectivity index (χ4v) is 1.63. The van der Waals surface area contributed by atoms with E-state index >= 15 is 0 Å². The van der Waals surface area contributed by atoms with Gasteiger partial charge >= 0.3 is 0 Å². The lowest BCUT2D eigenvalue weighted by molar-refractivity contribution is 0.0764. The van der Waals surface area contributed by atoms with Crippen molar-refractivity contribution < 1.29 is 9.90 Å². The number of carbonyl (C=O) groups excluding carboxylic acids is 1. The van der Waals surface area contributed by atoms with Crippen LogP contribution >= 0.6 is 11.6 Å². The first-order valence-corrected chi connectivity index (χ1v) is 4.99. The molecule has 1 unspecified atom stereocenters. The van der Waals surface area contributed by atoms with E-state index in [0.29, 0.717) is 25.1 Å². The minimum Gasteiger partial charge on any atom is -0.391 e. The summed E-state index contributed by atoms with van der Waals surface area (Å²) in [5.41, 5.74) is 0.397. The first kappa shape index (κ1) is 10.3. The minimum absolute atomic E-state index is 0.119. The molecule has 1 fully saturated rings. The number of hydrogen-bond donors (Lipinski definition) is 1. The quantitative estimate of drug-likeness (QED) is 0.703. The molecule has 1 atom stereocenters. The Morgan fingerprint density at radius 1 is 1.53 bits per heavy atom. The highest BCUT2D eigenvalue weighted by Gasteiger charge is 2.25. The lowest BCUT2D eigenvalue weighted by Crippen LogP contribution is -2.29. The third kappa shape index (κ3) is 2.24. The molecule has 1 aliphatic rings. The Kier molecular flexibility index (Phi) is 2.83. The second kappa shape index (κ2) is 4.12. The number of aromatic nitrogens is 2. The standard InChI is InChI=1S/C9H10ClN3O2/c10-9-11-3-6(4-12-9)8(15)13-2-1-7(14)5-13/h3-4,7,14H,1-2,5H2. The second-order valence-corrected chi connectivity index (χ2v) is 3.77. The summed E-state index contributed by atoms with van der Waals surface area (Å²) >= 11 is 5.51. The van der Waals surface area contributed by atoms with Gasteiger partial charge in [-0.1, -0.05) is 0 Å². The van der Waals surface area contributed by atoms with Gasteiger partial charge in [0, 0.05) is 25.5 Å². The van der Waals surface area contributed by atoms with E-state index in [1.165, 1.54) is 12.4 Å². The molecule has 1 aromatic heterocycles. The normalized spacial score (nSPS) is 20.7. The van der Waals surface area contributed by atoms with Crippen molar-refractivity contribution in [1.29, 1.82) is 0 Å². The van der Waals surface area contributed by atoms with Crippen molar-refractivity contribution in [1.82, 2.24) is 14.9 Å². The molecular formula is C9H10ClN3O2. The van der Waals surface area contributed by atoms with Crippen LogP contribution in [0.5, 0.6) is 0 Å². The number of aliphatic hydroxyl groups excluding tert-OH is 1. The van der Waals surface area contributed by atoms with Crippen molar-refractivity contribution in [2.45, 2.75) is 12.5 Å². The van der Waals surface area contributed by atoms with Crippen LogP contribution < -0.4 is 0 Å². The fraction of sp³-hybridized carbons (Fsp3) is 0.444. The van der Waals surface area contributed by atoms with Gasteiger partial charge in [0.2, 0.25) is 5.28 Å². The molecule has 0 radical (unpaired) electrons. The molecule has 2 heterocycles. The number of hydrogen-bond acceptors (Lipinski definition) is 4. The molecule has 6 heteroatoms. The van der Waals surface area contributed by atoms with Crippen molar-refractivity contribution in [2.75, 3.05) is 13.1 Å². The van der Waals surface area contributed by atoms with Crippen LogP contribution in [0.2, 0.25) is 5.28 Å². The lowest BCUT2D eigenvalue weighted by atomic mass is 10.3. The number of amides is 1. The number of nitrogens with zero attached hydrogens (tertiary/aromatic N) is 3. The van der Waals surface area contributed by atoms with E-state index in [4.69, 9.17) is 11.6 Å². The van der Waals surface area contributed by atoms with E-state index < -0.39 is 6.10 Å². The van der Waals surface area contributed by atoms with Gasteiger partial charge in [-0.15, -0.1) is 0 Å². The summed E-state index contributed by atoms with van der Waals surface area (Å²) in [6.45, 7) is 0.948. The topological polar surface area (TPSA) is 66.3 Å². The third-order valence-electron chi connectivity index (χ3n) is 2.32. The van der Waals surface area contributed by atoms with Crippen molar-refractivity contribution >= 4 is 17.5 Å². The number of aliphatic hydroxyl groups is 1.